The lowest BCUT2D eigenvalue weighted by Gasteiger charge is -2.09. The van der Waals surface area contributed by atoms with E-state index in [4.69, 9.17) is 28.5 Å². The Morgan fingerprint density at radius 2 is 1.86 bits per heavy atom. The first-order valence-corrected chi connectivity index (χ1v) is 7.01. The summed E-state index contributed by atoms with van der Waals surface area (Å²) in [4.78, 5) is 3.11. The molecule has 0 fully saturated rings. The molecular weight excluding hydrogens is 307 g/mol. The van der Waals surface area contributed by atoms with Crippen LogP contribution in [-0.4, -0.2) is 10.1 Å². The van der Waals surface area contributed by atoms with E-state index in [0.29, 0.717) is 15.6 Å². The minimum Gasteiger partial charge on any atom is -0.507 e. The van der Waals surface area contributed by atoms with Gasteiger partial charge in [-0.2, -0.15) is 5.26 Å². The van der Waals surface area contributed by atoms with E-state index >= 15 is 0 Å². The minimum atomic E-state index is 0.125. The lowest BCUT2D eigenvalue weighted by atomic mass is 9.97. The van der Waals surface area contributed by atoms with Crippen molar-refractivity contribution in [1.29, 1.82) is 5.26 Å². The lowest BCUT2D eigenvalue weighted by Crippen LogP contribution is -1.86. The van der Waals surface area contributed by atoms with E-state index in [1.807, 2.05) is 0 Å². The third kappa shape index (κ3) is 2.44. The number of benzene rings is 2. The van der Waals surface area contributed by atoms with Crippen LogP contribution in [0.3, 0.4) is 0 Å². The number of aromatic nitrogens is 1. The highest BCUT2D eigenvalue weighted by molar-refractivity contribution is 6.35. The van der Waals surface area contributed by atoms with Gasteiger partial charge in [-0.25, -0.2) is 0 Å². The second-order valence-electron chi connectivity index (χ2n) is 4.69. The van der Waals surface area contributed by atoms with Crippen LogP contribution < -0.4 is 0 Å². The van der Waals surface area contributed by atoms with E-state index in [1.165, 1.54) is 0 Å². The Hall–Kier alpha value is -2.15. The number of nitrogens with one attached hydrogen (secondary N) is 1. The van der Waals surface area contributed by atoms with E-state index in [-0.39, 0.29) is 12.2 Å². The summed E-state index contributed by atoms with van der Waals surface area (Å²) in [6, 6.07) is 10.6. The molecule has 0 bridgehead atoms. The molecule has 0 saturated heterocycles. The number of aromatic amines is 1. The zero-order valence-electron chi connectivity index (χ0n) is 10.8. The number of nitriles is 1. The fourth-order valence-corrected chi connectivity index (χ4v) is 3.02. The number of rotatable bonds is 2. The number of fused-ring (bicyclic) bond motifs is 1. The first-order chi connectivity index (χ1) is 10.1. The highest BCUT2D eigenvalue weighted by Crippen LogP contribution is 2.40. The highest BCUT2D eigenvalue weighted by Gasteiger charge is 2.15. The van der Waals surface area contributed by atoms with Crippen molar-refractivity contribution < 1.29 is 5.11 Å². The summed E-state index contributed by atoms with van der Waals surface area (Å²) in [5.41, 5.74) is 3.02. The fraction of sp³-hybridized carbons (Fsp3) is 0.0625. The maximum absolute atomic E-state index is 10.3. The van der Waals surface area contributed by atoms with Crippen molar-refractivity contribution in [3.05, 3.63) is 52.1 Å². The number of phenolic OH excluding ortho intramolecular Hbond substituents is 1. The van der Waals surface area contributed by atoms with Crippen molar-refractivity contribution >= 4 is 34.1 Å². The molecule has 104 valence electrons. The van der Waals surface area contributed by atoms with Gasteiger partial charge in [0.2, 0.25) is 0 Å². The molecule has 2 aromatic carbocycles. The Morgan fingerprint density at radius 3 is 2.52 bits per heavy atom. The summed E-state index contributed by atoms with van der Waals surface area (Å²) in [5.74, 6) is 0.125. The Bertz CT molecular complexity index is 858. The van der Waals surface area contributed by atoms with Crippen LogP contribution in [0.1, 0.15) is 5.56 Å². The molecule has 0 amide bonds. The van der Waals surface area contributed by atoms with E-state index in [1.54, 1.807) is 36.5 Å². The van der Waals surface area contributed by atoms with Crippen molar-refractivity contribution in [1.82, 2.24) is 4.98 Å². The molecule has 0 saturated carbocycles. The standard InChI is InChI=1S/C16H10Cl2N2O/c17-11-5-10(6-12(18)7-11)16-14(21)2-1-13-15(16)9(3-4-19)8-20-13/h1-2,5-8,20-21H,3H2. The Morgan fingerprint density at radius 1 is 1.14 bits per heavy atom. The fourth-order valence-electron chi connectivity index (χ4n) is 2.50. The van der Waals surface area contributed by atoms with Gasteiger partial charge in [0, 0.05) is 32.7 Å². The Kier molecular flexibility index (Phi) is 3.50. The largest absolute Gasteiger partial charge is 0.507 e. The van der Waals surface area contributed by atoms with Gasteiger partial charge in [-0.3, -0.25) is 0 Å². The van der Waals surface area contributed by atoms with Crippen molar-refractivity contribution in [2.24, 2.45) is 0 Å². The van der Waals surface area contributed by atoms with Crippen LogP contribution in [0.5, 0.6) is 5.75 Å². The maximum Gasteiger partial charge on any atom is 0.124 e. The van der Waals surface area contributed by atoms with Crippen LogP contribution in [-0.2, 0) is 6.42 Å². The summed E-state index contributed by atoms with van der Waals surface area (Å²) in [6.07, 6.45) is 2.04. The van der Waals surface area contributed by atoms with Crippen LogP contribution >= 0.6 is 23.2 Å². The first kappa shape index (κ1) is 13.8. The molecule has 3 aromatic rings. The Labute approximate surface area is 131 Å². The molecule has 0 aliphatic rings. The van der Waals surface area contributed by atoms with Gasteiger partial charge in [-0.1, -0.05) is 23.2 Å². The van der Waals surface area contributed by atoms with Crippen molar-refractivity contribution in [3.8, 4) is 22.9 Å². The number of hydrogen-bond acceptors (Lipinski definition) is 2. The van der Waals surface area contributed by atoms with E-state index < -0.39 is 0 Å². The summed E-state index contributed by atoms with van der Waals surface area (Å²) >= 11 is 12.1. The smallest absolute Gasteiger partial charge is 0.124 e. The first-order valence-electron chi connectivity index (χ1n) is 6.25. The molecule has 0 aliphatic heterocycles. The predicted molar refractivity (Wildman–Crippen MR) is 84.7 cm³/mol. The third-order valence-electron chi connectivity index (χ3n) is 3.33. The number of H-pyrrole nitrogens is 1. The predicted octanol–water partition coefficient (Wildman–Crippen LogP) is 4.91. The lowest BCUT2D eigenvalue weighted by molar-refractivity contribution is 0.478. The molecule has 2 N–H and O–H groups in total. The normalized spacial score (nSPS) is 10.7. The average molecular weight is 317 g/mol. The summed E-state index contributed by atoms with van der Waals surface area (Å²) < 4.78 is 0. The Balaban J connectivity index is 2.37. The zero-order chi connectivity index (χ0) is 15.0. The molecule has 0 aliphatic carbocycles. The quantitative estimate of drug-likeness (QED) is 0.705. The van der Waals surface area contributed by atoms with Crippen LogP contribution in [0, 0.1) is 11.3 Å². The molecule has 0 unspecified atom stereocenters. The van der Waals surface area contributed by atoms with Gasteiger partial charge in [0.15, 0.2) is 0 Å². The van der Waals surface area contributed by atoms with Crippen LogP contribution in [0.15, 0.2) is 36.5 Å². The SMILES string of the molecule is N#CCc1c[nH]c2ccc(O)c(-c3cc(Cl)cc(Cl)c3)c12. The molecule has 1 aromatic heterocycles. The number of hydrogen-bond donors (Lipinski definition) is 2. The van der Waals surface area contributed by atoms with Crippen molar-refractivity contribution in [2.45, 2.75) is 6.42 Å². The highest BCUT2D eigenvalue weighted by atomic mass is 35.5. The van der Waals surface area contributed by atoms with Gasteiger partial charge in [0.05, 0.1) is 12.5 Å². The summed E-state index contributed by atoms with van der Waals surface area (Å²) in [6.45, 7) is 0. The van der Waals surface area contributed by atoms with Crippen molar-refractivity contribution in [2.75, 3.05) is 0 Å². The molecular formula is C16H10Cl2N2O. The van der Waals surface area contributed by atoms with Gasteiger partial charge in [-0.05, 0) is 41.5 Å². The number of aromatic hydroxyl groups is 1. The topological polar surface area (TPSA) is 59.8 Å². The van der Waals surface area contributed by atoms with Crippen LogP contribution in [0.2, 0.25) is 10.0 Å². The van der Waals surface area contributed by atoms with E-state index in [0.717, 1.165) is 22.0 Å². The molecule has 21 heavy (non-hydrogen) atoms. The minimum absolute atomic E-state index is 0.125. The molecule has 1 heterocycles. The number of phenols is 1. The molecule has 0 radical (unpaired) electrons. The molecule has 0 spiro atoms. The molecule has 3 rings (SSSR count). The monoisotopic (exact) mass is 316 g/mol. The average Bonchev–Trinajstić information content (AvgIpc) is 2.81. The van der Waals surface area contributed by atoms with Gasteiger partial charge >= 0.3 is 0 Å². The van der Waals surface area contributed by atoms with Gasteiger partial charge < -0.3 is 10.1 Å². The molecule has 0 atom stereocenters. The van der Waals surface area contributed by atoms with E-state index in [9.17, 15) is 5.11 Å². The second kappa shape index (κ2) is 5.33. The third-order valence-corrected chi connectivity index (χ3v) is 3.76. The van der Waals surface area contributed by atoms with Crippen LogP contribution in [0.25, 0.3) is 22.0 Å². The number of nitrogens with zero attached hydrogens (tertiary/aromatic N) is 1. The van der Waals surface area contributed by atoms with Crippen LogP contribution in [0.4, 0.5) is 0 Å². The molecule has 3 nitrogen and oxygen atoms in total. The van der Waals surface area contributed by atoms with E-state index in [2.05, 4.69) is 11.1 Å². The number of halogens is 2. The van der Waals surface area contributed by atoms with Gasteiger partial charge in [-0.15, -0.1) is 0 Å². The zero-order valence-corrected chi connectivity index (χ0v) is 12.3. The van der Waals surface area contributed by atoms with Gasteiger partial charge in [0.25, 0.3) is 0 Å². The van der Waals surface area contributed by atoms with Gasteiger partial charge in [0.1, 0.15) is 5.75 Å². The summed E-state index contributed by atoms with van der Waals surface area (Å²) in [7, 11) is 0. The maximum atomic E-state index is 10.3. The van der Waals surface area contributed by atoms with Crippen molar-refractivity contribution in [3.63, 3.8) is 0 Å². The second-order valence-corrected chi connectivity index (χ2v) is 5.56. The molecule has 5 heteroatoms. The summed E-state index contributed by atoms with van der Waals surface area (Å²) in [5, 5.41) is 21.0.